The number of hydrogen-bond acceptors (Lipinski definition) is 7. The minimum atomic E-state index is -0.400. The highest BCUT2D eigenvalue weighted by Crippen LogP contribution is 2.39. The van der Waals surface area contributed by atoms with E-state index in [4.69, 9.17) is 24.7 Å². The molecule has 1 amide bonds. The quantitative estimate of drug-likeness (QED) is 0.399. The molecule has 0 saturated carbocycles. The molecule has 0 radical (unpaired) electrons. The van der Waals surface area contributed by atoms with E-state index in [0.29, 0.717) is 18.7 Å². The van der Waals surface area contributed by atoms with Gasteiger partial charge in [0.2, 0.25) is 0 Å². The van der Waals surface area contributed by atoms with Gasteiger partial charge >= 0.3 is 0 Å². The molecule has 8 heteroatoms. The number of piperazine rings is 1. The number of methoxy groups -OCH3 is 1. The molecule has 3 atom stereocenters. The molecule has 0 aliphatic carbocycles. The Labute approximate surface area is 221 Å². The number of pyridine rings is 2. The second-order valence-electron chi connectivity index (χ2n) is 9.73. The number of anilines is 1. The first-order chi connectivity index (χ1) is 18.5. The maximum absolute atomic E-state index is 12.4. The number of carbonyl (C=O) groups is 1. The minimum absolute atomic E-state index is 0.0442. The lowest BCUT2D eigenvalue weighted by atomic mass is 9.98. The first-order valence-electron chi connectivity index (χ1n) is 12.6. The maximum atomic E-state index is 12.4. The predicted octanol–water partition coefficient (Wildman–Crippen LogP) is 4.63. The van der Waals surface area contributed by atoms with Gasteiger partial charge in [-0.3, -0.25) is 9.78 Å². The van der Waals surface area contributed by atoms with Crippen molar-refractivity contribution in [1.82, 2.24) is 14.9 Å². The first kappa shape index (κ1) is 23.9. The van der Waals surface area contributed by atoms with E-state index in [9.17, 15) is 4.79 Å². The summed E-state index contributed by atoms with van der Waals surface area (Å²) in [6, 6.07) is 19.7. The molecule has 2 fully saturated rings. The highest BCUT2D eigenvalue weighted by atomic mass is 16.5. The summed E-state index contributed by atoms with van der Waals surface area (Å²) in [6.07, 6.45) is 3.01. The molecule has 3 unspecified atom stereocenters. The van der Waals surface area contributed by atoms with Crippen molar-refractivity contribution in [2.75, 3.05) is 25.1 Å². The third-order valence-electron chi connectivity index (χ3n) is 7.37. The van der Waals surface area contributed by atoms with Crippen LogP contribution in [0.4, 0.5) is 5.82 Å². The summed E-state index contributed by atoms with van der Waals surface area (Å²) < 4.78 is 11.8. The van der Waals surface area contributed by atoms with Gasteiger partial charge in [0.15, 0.2) is 6.23 Å². The van der Waals surface area contributed by atoms with Gasteiger partial charge in [-0.1, -0.05) is 24.3 Å². The molecule has 0 spiro atoms. The number of rotatable bonds is 4. The number of amides is 1. The predicted molar refractivity (Wildman–Crippen MR) is 145 cm³/mol. The minimum Gasteiger partial charge on any atom is -0.495 e. The summed E-state index contributed by atoms with van der Waals surface area (Å²) in [4.78, 5) is 26.0. The zero-order valence-corrected chi connectivity index (χ0v) is 21.5. The van der Waals surface area contributed by atoms with Gasteiger partial charge in [-0.05, 0) is 49.7 Å². The Hall–Kier alpha value is -4.48. The Bertz CT molecular complexity index is 1560. The Morgan fingerprint density at radius 1 is 0.974 bits per heavy atom. The zero-order valence-electron chi connectivity index (χ0n) is 21.5. The van der Waals surface area contributed by atoms with E-state index in [0.717, 1.165) is 44.7 Å². The summed E-state index contributed by atoms with van der Waals surface area (Å²) >= 11 is 0. The molecule has 190 valence electrons. The van der Waals surface area contributed by atoms with E-state index in [1.807, 2.05) is 85.7 Å². The van der Waals surface area contributed by atoms with Gasteiger partial charge in [-0.15, -0.1) is 0 Å². The van der Waals surface area contributed by atoms with Crippen molar-refractivity contribution < 1.29 is 14.3 Å². The number of nitrogens with zero attached hydrogens (tertiary/aromatic N) is 5. The second kappa shape index (κ2) is 9.43. The van der Waals surface area contributed by atoms with Crippen LogP contribution < -0.4 is 9.64 Å². The van der Waals surface area contributed by atoms with Crippen LogP contribution in [0.25, 0.3) is 33.2 Å². The topological polar surface area (TPSA) is 91.6 Å². The Morgan fingerprint density at radius 3 is 2.47 bits per heavy atom. The van der Waals surface area contributed by atoms with Crippen molar-refractivity contribution in [2.45, 2.75) is 32.2 Å². The summed E-state index contributed by atoms with van der Waals surface area (Å²) in [6.45, 7) is 5.14. The highest BCUT2D eigenvalue weighted by Gasteiger charge is 2.44. The molecule has 2 aromatic heterocycles. The standard InChI is InChI=1S/C30H27N5O3/c1-18-16-34(17-27-35(18)30(36)19(2)38-27)26-12-11-22(14-32-26)25-15-33-28-23(5-4-6-24(28)29(25)37-3)21-9-7-20(13-31)8-10-21/h4-12,14-15,18-19,27H,16-17H2,1-3H3. The van der Waals surface area contributed by atoms with Crippen LogP contribution in [0, 0.1) is 11.3 Å². The number of carbonyl (C=O) groups excluding carboxylic acids is 1. The molecule has 38 heavy (non-hydrogen) atoms. The van der Waals surface area contributed by atoms with E-state index in [-0.39, 0.29) is 18.2 Å². The van der Waals surface area contributed by atoms with Crippen LogP contribution in [0.15, 0.2) is 67.0 Å². The fourth-order valence-electron chi connectivity index (χ4n) is 5.51. The number of nitriles is 1. The van der Waals surface area contributed by atoms with Crippen LogP contribution in [0.1, 0.15) is 19.4 Å². The fourth-order valence-corrected chi connectivity index (χ4v) is 5.51. The molecule has 0 N–H and O–H groups in total. The number of hydrogen-bond donors (Lipinski definition) is 0. The van der Waals surface area contributed by atoms with Crippen LogP contribution in [0.5, 0.6) is 5.75 Å². The van der Waals surface area contributed by atoms with Crippen molar-refractivity contribution in [1.29, 1.82) is 5.26 Å². The number of aromatic nitrogens is 2. The van der Waals surface area contributed by atoms with E-state index in [2.05, 4.69) is 11.0 Å². The zero-order chi connectivity index (χ0) is 26.4. The van der Waals surface area contributed by atoms with Crippen molar-refractivity contribution in [3.05, 3.63) is 72.6 Å². The van der Waals surface area contributed by atoms with Gasteiger partial charge in [0.25, 0.3) is 5.91 Å². The molecule has 4 heterocycles. The lowest BCUT2D eigenvalue weighted by Crippen LogP contribution is -2.57. The third kappa shape index (κ3) is 3.92. The van der Waals surface area contributed by atoms with Crippen LogP contribution in [-0.4, -0.2) is 59.3 Å². The highest BCUT2D eigenvalue weighted by molar-refractivity contribution is 6.00. The van der Waals surface area contributed by atoms with Crippen LogP contribution in [-0.2, 0) is 9.53 Å². The molecule has 2 saturated heterocycles. The van der Waals surface area contributed by atoms with Crippen molar-refractivity contribution in [3.63, 3.8) is 0 Å². The van der Waals surface area contributed by atoms with E-state index >= 15 is 0 Å². The molecular weight excluding hydrogens is 478 g/mol. The number of para-hydroxylation sites is 1. The van der Waals surface area contributed by atoms with Crippen LogP contribution in [0.3, 0.4) is 0 Å². The molecule has 6 rings (SSSR count). The molecule has 8 nitrogen and oxygen atoms in total. The summed E-state index contributed by atoms with van der Waals surface area (Å²) in [7, 11) is 1.67. The normalized spacial score (nSPS) is 20.9. The monoisotopic (exact) mass is 505 g/mol. The third-order valence-corrected chi connectivity index (χ3v) is 7.37. The summed E-state index contributed by atoms with van der Waals surface area (Å²) in [5, 5.41) is 10.0. The first-order valence-corrected chi connectivity index (χ1v) is 12.6. The van der Waals surface area contributed by atoms with Crippen LogP contribution >= 0.6 is 0 Å². The molecule has 2 aromatic carbocycles. The molecule has 0 bridgehead atoms. The summed E-state index contributed by atoms with van der Waals surface area (Å²) in [5.41, 5.74) is 5.16. The van der Waals surface area contributed by atoms with Crippen LogP contribution in [0.2, 0.25) is 0 Å². The average Bonchev–Trinajstić information content (AvgIpc) is 3.25. The van der Waals surface area contributed by atoms with Gasteiger partial charge in [0, 0.05) is 47.1 Å². The summed E-state index contributed by atoms with van der Waals surface area (Å²) in [5.74, 6) is 1.63. The van der Waals surface area contributed by atoms with E-state index in [1.54, 1.807) is 7.11 Å². The van der Waals surface area contributed by atoms with Crippen molar-refractivity contribution in [3.8, 4) is 34.1 Å². The van der Waals surface area contributed by atoms with E-state index in [1.165, 1.54) is 0 Å². The number of ether oxygens (including phenoxy) is 2. The lowest BCUT2D eigenvalue weighted by Gasteiger charge is -2.41. The second-order valence-corrected chi connectivity index (χ2v) is 9.73. The van der Waals surface area contributed by atoms with Gasteiger partial charge < -0.3 is 19.3 Å². The van der Waals surface area contributed by atoms with Gasteiger partial charge in [-0.2, -0.15) is 5.26 Å². The Balaban J connectivity index is 1.31. The van der Waals surface area contributed by atoms with Gasteiger partial charge in [0.1, 0.15) is 17.7 Å². The SMILES string of the molecule is COc1c(-c2ccc(N3CC(C)N4C(=O)C(C)OC4C3)nc2)cnc2c(-c3ccc(C#N)cc3)cccc12. The average molecular weight is 506 g/mol. The van der Waals surface area contributed by atoms with Gasteiger partial charge in [-0.25, -0.2) is 4.98 Å². The van der Waals surface area contributed by atoms with Crippen molar-refractivity contribution in [2.24, 2.45) is 0 Å². The molecule has 4 aromatic rings. The lowest BCUT2D eigenvalue weighted by molar-refractivity contribution is -0.132. The Kier molecular flexibility index (Phi) is 5.93. The van der Waals surface area contributed by atoms with Crippen molar-refractivity contribution >= 4 is 22.6 Å². The fraction of sp³-hybridized carbons (Fsp3) is 0.267. The largest absolute Gasteiger partial charge is 0.495 e. The molecule has 2 aliphatic heterocycles. The maximum Gasteiger partial charge on any atom is 0.253 e. The molecule has 2 aliphatic rings. The number of fused-ring (bicyclic) bond motifs is 2. The van der Waals surface area contributed by atoms with E-state index < -0.39 is 6.10 Å². The Morgan fingerprint density at radius 2 is 1.76 bits per heavy atom. The number of benzene rings is 2. The molecular formula is C30H27N5O3. The smallest absolute Gasteiger partial charge is 0.253 e. The van der Waals surface area contributed by atoms with Gasteiger partial charge in [0.05, 0.1) is 30.8 Å².